The van der Waals surface area contributed by atoms with Crippen molar-refractivity contribution in [1.29, 1.82) is 0 Å². The zero-order valence-electron chi connectivity index (χ0n) is 22.5. The molecule has 210 valence electrons. The Labute approximate surface area is 239 Å². The van der Waals surface area contributed by atoms with Crippen molar-refractivity contribution < 1.29 is 33.6 Å². The van der Waals surface area contributed by atoms with E-state index >= 15 is 0 Å². The Morgan fingerprint density at radius 3 is 1.82 bits per heavy atom. The predicted octanol–water partition coefficient (Wildman–Crippen LogP) is 6.04. The Hall–Kier alpha value is -3.04. The van der Waals surface area contributed by atoms with Gasteiger partial charge >= 0.3 is 11.9 Å². The first kappa shape index (κ1) is 32.2. The Kier molecular flexibility index (Phi) is 15.7. The number of ether oxygens (including phenoxy) is 4. The van der Waals surface area contributed by atoms with Crippen LogP contribution in [0.5, 0.6) is 0 Å². The van der Waals surface area contributed by atoms with Gasteiger partial charge in [0.05, 0.1) is 39.5 Å². The fourth-order valence-electron chi connectivity index (χ4n) is 3.61. The molecule has 7 nitrogen and oxygen atoms in total. The van der Waals surface area contributed by atoms with E-state index in [4.69, 9.17) is 14.2 Å². The molecule has 0 heterocycles. The highest BCUT2D eigenvalue weighted by Gasteiger charge is 2.28. The van der Waals surface area contributed by atoms with Crippen LogP contribution in [0, 0.1) is 5.92 Å². The van der Waals surface area contributed by atoms with Gasteiger partial charge in [0.15, 0.2) is 0 Å². The van der Waals surface area contributed by atoms with Crippen molar-refractivity contribution in [3.05, 3.63) is 106 Å². The average Bonchev–Trinajstić information content (AvgIpc) is 2.98. The largest absolute Gasteiger partial charge is 0.469 e. The molecule has 2 unspecified atom stereocenters. The number of methoxy groups -OCH3 is 2. The quantitative estimate of drug-likeness (QED) is 0.178. The van der Waals surface area contributed by atoms with Crippen LogP contribution in [-0.4, -0.2) is 44.5 Å². The van der Waals surface area contributed by atoms with Gasteiger partial charge in [0.1, 0.15) is 0 Å². The first-order valence-electron chi connectivity index (χ1n) is 12.8. The van der Waals surface area contributed by atoms with Crippen molar-refractivity contribution in [3.63, 3.8) is 0 Å². The fourth-order valence-corrected chi connectivity index (χ4v) is 3.87. The maximum atomic E-state index is 12.0. The van der Waals surface area contributed by atoms with Gasteiger partial charge in [0.2, 0.25) is 0 Å². The SMILES string of the molecule is COC(=O)C(CCOCc1ccccc1)C(O)c1ccc(Br)cc1.COC(=O)CCCOCc1ccccc1. The molecule has 0 aliphatic carbocycles. The zero-order valence-corrected chi connectivity index (χ0v) is 24.0. The lowest BCUT2D eigenvalue weighted by Gasteiger charge is -2.21. The summed E-state index contributed by atoms with van der Waals surface area (Å²) in [5, 5.41) is 10.5. The summed E-state index contributed by atoms with van der Waals surface area (Å²) in [4.78, 5) is 22.8. The van der Waals surface area contributed by atoms with E-state index in [-0.39, 0.29) is 5.97 Å². The second kappa shape index (κ2) is 19.1. The van der Waals surface area contributed by atoms with Gasteiger partial charge in [-0.05, 0) is 41.7 Å². The van der Waals surface area contributed by atoms with Gasteiger partial charge in [-0.15, -0.1) is 0 Å². The number of esters is 2. The Morgan fingerprint density at radius 1 is 0.769 bits per heavy atom. The van der Waals surface area contributed by atoms with Crippen molar-refractivity contribution in [2.45, 2.75) is 38.6 Å². The summed E-state index contributed by atoms with van der Waals surface area (Å²) < 4.78 is 21.3. The summed E-state index contributed by atoms with van der Waals surface area (Å²) >= 11 is 3.35. The lowest BCUT2D eigenvalue weighted by atomic mass is 9.93. The maximum Gasteiger partial charge on any atom is 0.311 e. The second-order valence-corrected chi connectivity index (χ2v) is 9.59. The number of halogens is 1. The topological polar surface area (TPSA) is 91.3 Å². The van der Waals surface area contributed by atoms with E-state index < -0.39 is 18.0 Å². The molecular weight excluding hydrogens is 564 g/mol. The lowest BCUT2D eigenvalue weighted by Crippen LogP contribution is -2.25. The normalized spacial score (nSPS) is 12.0. The second-order valence-electron chi connectivity index (χ2n) is 8.67. The molecule has 0 radical (unpaired) electrons. The number of rotatable bonds is 14. The van der Waals surface area contributed by atoms with Crippen LogP contribution >= 0.6 is 15.9 Å². The highest BCUT2D eigenvalue weighted by atomic mass is 79.9. The molecule has 39 heavy (non-hydrogen) atoms. The van der Waals surface area contributed by atoms with E-state index in [2.05, 4.69) is 20.7 Å². The maximum absolute atomic E-state index is 12.0. The Bertz CT molecular complexity index is 1080. The number of benzene rings is 3. The van der Waals surface area contributed by atoms with Crippen LogP contribution in [-0.2, 0) is 41.8 Å². The van der Waals surface area contributed by atoms with Crippen LogP contribution in [0.4, 0.5) is 0 Å². The molecule has 0 amide bonds. The minimum atomic E-state index is -0.925. The molecule has 2 atom stereocenters. The number of carbonyl (C=O) groups excluding carboxylic acids is 2. The van der Waals surface area contributed by atoms with Crippen molar-refractivity contribution in [3.8, 4) is 0 Å². The minimum Gasteiger partial charge on any atom is -0.469 e. The summed E-state index contributed by atoms with van der Waals surface area (Å²) in [6, 6.07) is 27.0. The van der Waals surface area contributed by atoms with Crippen LogP contribution in [0.25, 0.3) is 0 Å². The monoisotopic (exact) mass is 600 g/mol. The number of aliphatic hydroxyl groups excluding tert-OH is 1. The Morgan fingerprint density at radius 2 is 1.31 bits per heavy atom. The first-order valence-corrected chi connectivity index (χ1v) is 13.6. The molecule has 3 aromatic rings. The van der Waals surface area contributed by atoms with E-state index in [1.807, 2.05) is 72.8 Å². The summed E-state index contributed by atoms with van der Waals surface area (Å²) in [5.74, 6) is -1.28. The summed E-state index contributed by atoms with van der Waals surface area (Å²) in [5.41, 5.74) is 2.90. The van der Waals surface area contributed by atoms with Crippen LogP contribution in [0.2, 0.25) is 0 Å². The van der Waals surface area contributed by atoms with Gasteiger partial charge in [-0.2, -0.15) is 0 Å². The summed E-state index contributed by atoms with van der Waals surface area (Å²) in [6.07, 6.45) is 0.590. The molecular formula is C31H37BrO7. The standard InChI is InChI=1S/C19H21BrO4.C12H16O3/c1-23-19(22)17(18(21)15-7-9-16(20)10-8-15)11-12-24-13-14-5-3-2-4-6-14;1-14-12(13)8-5-9-15-10-11-6-3-2-4-7-11/h2-10,17-18,21H,11-13H2,1H3;2-4,6-7H,5,8-10H2,1H3. The fraction of sp³-hybridized carbons (Fsp3) is 0.355. The van der Waals surface area contributed by atoms with Crippen LogP contribution in [0.1, 0.15) is 42.1 Å². The third kappa shape index (κ3) is 13.0. The molecule has 3 rings (SSSR count). The van der Waals surface area contributed by atoms with Crippen LogP contribution in [0.3, 0.4) is 0 Å². The van der Waals surface area contributed by atoms with E-state index in [0.717, 1.165) is 15.6 Å². The molecule has 0 bridgehead atoms. The smallest absolute Gasteiger partial charge is 0.311 e. The summed E-state index contributed by atoms with van der Waals surface area (Å²) in [7, 11) is 2.72. The van der Waals surface area contributed by atoms with Crippen molar-refractivity contribution in [2.24, 2.45) is 5.92 Å². The molecule has 0 fully saturated rings. The van der Waals surface area contributed by atoms with Crippen molar-refractivity contribution in [2.75, 3.05) is 27.4 Å². The predicted molar refractivity (Wildman–Crippen MR) is 153 cm³/mol. The molecule has 0 saturated carbocycles. The third-order valence-corrected chi connectivity index (χ3v) is 6.32. The highest BCUT2D eigenvalue weighted by molar-refractivity contribution is 9.10. The zero-order chi connectivity index (χ0) is 28.3. The summed E-state index contributed by atoms with van der Waals surface area (Å²) in [6.45, 7) is 2.03. The van der Waals surface area contributed by atoms with Crippen molar-refractivity contribution in [1.82, 2.24) is 0 Å². The van der Waals surface area contributed by atoms with Gasteiger partial charge in [0, 0.05) is 24.1 Å². The average molecular weight is 602 g/mol. The van der Waals surface area contributed by atoms with E-state index in [0.29, 0.717) is 51.3 Å². The lowest BCUT2D eigenvalue weighted by molar-refractivity contribution is -0.150. The van der Waals surface area contributed by atoms with Gasteiger partial charge in [-0.25, -0.2) is 0 Å². The molecule has 0 aliphatic rings. The Balaban J connectivity index is 0.000000306. The van der Waals surface area contributed by atoms with Gasteiger partial charge in [-0.3, -0.25) is 9.59 Å². The van der Waals surface area contributed by atoms with Gasteiger partial charge < -0.3 is 24.1 Å². The van der Waals surface area contributed by atoms with Gasteiger partial charge in [0.25, 0.3) is 0 Å². The third-order valence-electron chi connectivity index (χ3n) is 5.79. The van der Waals surface area contributed by atoms with Crippen LogP contribution in [0.15, 0.2) is 89.4 Å². The van der Waals surface area contributed by atoms with E-state index in [1.54, 1.807) is 12.1 Å². The number of aliphatic hydroxyl groups is 1. The van der Waals surface area contributed by atoms with E-state index in [9.17, 15) is 14.7 Å². The first-order chi connectivity index (χ1) is 18.9. The number of hydrogen-bond donors (Lipinski definition) is 1. The van der Waals surface area contributed by atoms with Crippen LogP contribution < -0.4 is 0 Å². The molecule has 3 aromatic carbocycles. The minimum absolute atomic E-state index is 0.182. The number of hydrogen-bond acceptors (Lipinski definition) is 7. The number of carbonyl (C=O) groups is 2. The van der Waals surface area contributed by atoms with Crippen molar-refractivity contribution >= 4 is 27.9 Å². The van der Waals surface area contributed by atoms with E-state index in [1.165, 1.54) is 14.2 Å². The molecule has 0 spiro atoms. The van der Waals surface area contributed by atoms with Gasteiger partial charge in [-0.1, -0.05) is 88.7 Å². The molecule has 0 aliphatic heterocycles. The molecule has 0 aromatic heterocycles. The molecule has 8 heteroatoms. The molecule has 1 N–H and O–H groups in total. The highest BCUT2D eigenvalue weighted by Crippen LogP contribution is 2.27. The molecule has 0 saturated heterocycles.